The number of esters is 1. The molecule has 2 aromatic rings. The fourth-order valence-electron chi connectivity index (χ4n) is 2.90. The predicted molar refractivity (Wildman–Crippen MR) is 105 cm³/mol. The van der Waals surface area contributed by atoms with E-state index in [2.05, 4.69) is 10.6 Å². The van der Waals surface area contributed by atoms with E-state index < -0.39 is 29.8 Å². The smallest absolute Gasteiger partial charge is 0.324 e. The van der Waals surface area contributed by atoms with Crippen LogP contribution in [0.25, 0.3) is 0 Å². The highest BCUT2D eigenvalue weighted by molar-refractivity contribution is 6.02. The molecular weight excluding hydrogens is 393 g/mol. The van der Waals surface area contributed by atoms with E-state index in [4.69, 9.17) is 4.74 Å². The molecule has 156 valence electrons. The highest BCUT2D eigenvalue weighted by Crippen LogP contribution is 2.21. The molecule has 1 saturated heterocycles. The number of nitrogens with zero attached hydrogens (tertiary/aromatic N) is 1. The molecule has 30 heavy (non-hydrogen) atoms. The molecule has 1 fully saturated rings. The molecule has 1 heterocycles. The zero-order chi connectivity index (χ0) is 21.5. The fourth-order valence-corrected chi connectivity index (χ4v) is 2.90. The lowest BCUT2D eigenvalue weighted by Gasteiger charge is -2.18. The minimum absolute atomic E-state index is 0.0527. The molecule has 1 aliphatic rings. The molecule has 0 aliphatic carbocycles. The van der Waals surface area contributed by atoms with Crippen molar-refractivity contribution in [1.29, 1.82) is 0 Å². The van der Waals surface area contributed by atoms with Gasteiger partial charge < -0.3 is 15.4 Å². The van der Waals surface area contributed by atoms with Crippen LogP contribution in [-0.4, -0.2) is 41.8 Å². The van der Waals surface area contributed by atoms with Crippen LogP contribution in [-0.2, 0) is 19.1 Å². The summed E-state index contributed by atoms with van der Waals surface area (Å²) >= 11 is 0. The highest BCUT2D eigenvalue weighted by atomic mass is 19.1. The van der Waals surface area contributed by atoms with E-state index in [0.29, 0.717) is 11.3 Å². The summed E-state index contributed by atoms with van der Waals surface area (Å²) in [6.07, 6.45) is -1.08. The van der Waals surface area contributed by atoms with Crippen LogP contribution in [0.4, 0.5) is 14.9 Å². The Bertz CT molecular complexity index is 917. The van der Waals surface area contributed by atoms with Crippen molar-refractivity contribution in [3.63, 3.8) is 0 Å². The molecule has 0 unspecified atom stereocenters. The van der Waals surface area contributed by atoms with Crippen molar-refractivity contribution in [3.05, 3.63) is 66.0 Å². The molecule has 1 atom stereocenters. The summed E-state index contributed by atoms with van der Waals surface area (Å²) in [6, 6.07) is 13.2. The van der Waals surface area contributed by atoms with Gasteiger partial charge in [-0.3, -0.25) is 19.3 Å². The zero-order valence-electron chi connectivity index (χ0n) is 16.0. The Morgan fingerprint density at radius 1 is 1.10 bits per heavy atom. The van der Waals surface area contributed by atoms with Gasteiger partial charge in [-0.2, -0.15) is 0 Å². The number of carbonyl (C=O) groups excluding carboxylic acids is 4. The number of imide groups is 1. The van der Waals surface area contributed by atoms with Gasteiger partial charge in [-0.1, -0.05) is 30.3 Å². The van der Waals surface area contributed by atoms with Crippen molar-refractivity contribution in [2.45, 2.75) is 18.9 Å². The summed E-state index contributed by atoms with van der Waals surface area (Å²) in [4.78, 5) is 49.1. The van der Waals surface area contributed by atoms with E-state index in [1.54, 1.807) is 30.3 Å². The summed E-state index contributed by atoms with van der Waals surface area (Å²) < 4.78 is 18.5. The van der Waals surface area contributed by atoms with Gasteiger partial charge in [0.15, 0.2) is 0 Å². The average molecular weight is 413 g/mol. The number of ether oxygens (including phenoxy) is 1. The van der Waals surface area contributed by atoms with Crippen LogP contribution in [0, 0.1) is 5.82 Å². The van der Waals surface area contributed by atoms with Gasteiger partial charge in [-0.25, -0.2) is 9.18 Å². The van der Waals surface area contributed by atoms with E-state index in [-0.39, 0.29) is 31.8 Å². The number of nitrogens with one attached hydrogen (secondary N) is 2. The third-order valence-corrected chi connectivity index (χ3v) is 4.40. The molecule has 3 rings (SSSR count). The first-order valence-electron chi connectivity index (χ1n) is 9.33. The zero-order valence-corrected chi connectivity index (χ0v) is 16.0. The van der Waals surface area contributed by atoms with E-state index in [9.17, 15) is 23.6 Å². The first-order chi connectivity index (χ1) is 14.4. The molecule has 1 aliphatic heterocycles. The summed E-state index contributed by atoms with van der Waals surface area (Å²) in [5.41, 5.74) is 0.830. The van der Waals surface area contributed by atoms with E-state index in [1.807, 2.05) is 0 Å². The molecule has 4 amide bonds. The average Bonchev–Trinajstić information content (AvgIpc) is 3.06. The van der Waals surface area contributed by atoms with Crippen LogP contribution in [0.5, 0.6) is 0 Å². The van der Waals surface area contributed by atoms with Crippen molar-refractivity contribution in [1.82, 2.24) is 10.2 Å². The van der Waals surface area contributed by atoms with Gasteiger partial charge in [0.1, 0.15) is 5.82 Å². The molecule has 8 nitrogen and oxygen atoms in total. The van der Waals surface area contributed by atoms with Crippen LogP contribution in [0.3, 0.4) is 0 Å². The molecule has 2 N–H and O–H groups in total. The lowest BCUT2D eigenvalue weighted by molar-refractivity contribution is -0.155. The minimum atomic E-state index is -1.21. The Morgan fingerprint density at radius 2 is 1.80 bits per heavy atom. The van der Waals surface area contributed by atoms with Gasteiger partial charge in [0.05, 0.1) is 6.54 Å². The van der Waals surface area contributed by atoms with Gasteiger partial charge >= 0.3 is 12.0 Å². The number of halogens is 1. The topological polar surface area (TPSA) is 105 Å². The molecular formula is C21H20FN3O5. The van der Waals surface area contributed by atoms with Gasteiger partial charge in [-0.15, -0.1) is 0 Å². The maximum atomic E-state index is 13.1. The largest absolute Gasteiger partial charge is 0.447 e. The van der Waals surface area contributed by atoms with Crippen molar-refractivity contribution in [3.8, 4) is 0 Å². The Labute approximate surface area is 172 Å². The van der Waals surface area contributed by atoms with Crippen LogP contribution < -0.4 is 10.6 Å². The second kappa shape index (κ2) is 9.64. The first-order valence-corrected chi connectivity index (χ1v) is 9.33. The van der Waals surface area contributed by atoms with E-state index in [1.165, 1.54) is 24.3 Å². The molecule has 9 heteroatoms. The number of rotatable bonds is 8. The Balaban J connectivity index is 1.61. The van der Waals surface area contributed by atoms with E-state index in [0.717, 1.165) is 4.90 Å². The number of hydrogen-bond donors (Lipinski definition) is 2. The number of hydrogen-bond acceptors (Lipinski definition) is 5. The number of carbonyl (C=O) groups is 4. The quantitative estimate of drug-likeness (QED) is 0.511. The second-order valence-electron chi connectivity index (χ2n) is 6.58. The first kappa shape index (κ1) is 21.0. The Hall–Kier alpha value is -3.75. The minimum Gasteiger partial charge on any atom is -0.447 e. The lowest BCUT2D eigenvalue weighted by atomic mass is 10.1. The second-order valence-corrected chi connectivity index (χ2v) is 6.58. The van der Waals surface area contributed by atoms with Crippen molar-refractivity contribution in [2.24, 2.45) is 0 Å². The van der Waals surface area contributed by atoms with Gasteiger partial charge in [0.2, 0.25) is 12.0 Å². The summed E-state index contributed by atoms with van der Waals surface area (Å²) in [5.74, 6) is -2.03. The van der Waals surface area contributed by atoms with Crippen LogP contribution >= 0.6 is 0 Å². The number of anilines is 1. The number of benzene rings is 2. The van der Waals surface area contributed by atoms with Gasteiger partial charge in [0, 0.05) is 24.2 Å². The SMILES string of the molecule is O=C(CCCN1C(=O)CNC1=O)O[C@@H](C(=O)Nc1ccc(F)cc1)c1ccccc1. The molecule has 0 saturated carbocycles. The van der Waals surface area contributed by atoms with Crippen molar-refractivity contribution < 1.29 is 28.3 Å². The Morgan fingerprint density at radius 3 is 2.43 bits per heavy atom. The van der Waals surface area contributed by atoms with Crippen LogP contribution in [0.15, 0.2) is 54.6 Å². The highest BCUT2D eigenvalue weighted by Gasteiger charge is 2.29. The normalized spacial score (nSPS) is 14.2. The third kappa shape index (κ3) is 5.40. The number of amides is 4. The lowest BCUT2D eigenvalue weighted by Crippen LogP contribution is -2.32. The van der Waals surface area contributed by atoms with Crippen molar-refractivity contribution in [2.75, 3.05) is 18.4 Å². The molecule has 0 radical (unpaired) electrons. The van der Waals surface area contributed by atoms with Gasteiger partial charge in [-0.05, 0) is 30.7 Å². The maximum Gasteiger partial charge on any atom is 0.324 e. The molecule has 0 spiro atoms. The Kier molecular flexibility index (Phi) is 6.74. The maximum absolute atomic E-state index is 13.1. The molecule has 0 aromatic heterocycles. The molecule has 0 bridgehead atoms. The summed E-state index contributed by atoms with van der Waals surface area (Å²) in [7, 11) is 0. The molecule has 2 aromatic carbocycles. The third-order valence-electron chi connectivity index (χ3n) is 4.40. The fraction of sp³-hybridized carbons (Fsp3) is 0.238. The predicted octanol–water partition coefficient (Wildman–Crippen LogP) is 2.38. The standard InChI is InChI=1S/C21H20FN3O5/c22-15-8-10-16(11-9-15)24-20(28)19(14-5-2-1-3-6-14)30-18(27)7-4-12-25-17(26)13-23-21(25)29/h1-3,5-6,8-11,19H,4,7,12-13H2,(H,23,29)(H,24,28)/t19-/m1/s1. The van der Waals surface area contributed by atoms with E-state index >= 15 is 0 Å². The monoisotopic (exact) mass is 413 g/mol. The summed E-state index contributed by atoms with van der Waals surface area (Å²) in [5, 5.41) is 4.99. The van der Waals surface area contributed by atoms with Crippen LogP contribution in [0.1, 0.15) is 24.5 Å². The summed E-state index contributed by atoms with van der Waals surface area (Å²) in [6.45, 7) is 0.0282. The number of urea groups is 1. The van der Waals surface area contributed by atoms with Gasteiger partial charge in [0.25, 0.3) is 5.91 Å². The van der Waals surface area contributed by atoms with Crippen molar-refractivity contribution >= 4 is 29.5 Å². The van der Waals surface area contributed by atoms with Crippen LogP contribution in [0.2, 0.25) is 0 Å².